The zero-order valence-corrected chi connectivity index (χ0v) is 11.4. The summed E-state index contributed by atoms with van der Waals surface area (Å²) in [6.45, 7) is 4.33. The highest BCUT2D eigenvalue weighted by Crippen LogP contribution is 2.15. The first kappa shape index (κ1) is 14.0. The maximum atomic E-state index is 13.6. The number of hydrogen-bond acceptors (Lipinski definition) is 2. The Morgan fingerprint density at radius 3 is 2.68 bits per heavy atom. The van der Waals surface area contributed by atoms with Crippen molar-refractivity contribution in [3.05, 3.63) is 35.6 Å². The lowest BCUT2D eigenvalue weighted by Crippen LogP contribution is -2.44. The quantitative estimate of drug-likeness (QED) is 0.905. The molecule has 104 valence electrons. The van der Waals surface area contributed by atoms with Gasteiger partial charge in [0, 0.05) is 37.7 Å². The van der Waals surface area contributed by atoms with Crippen molar-refractivity contribution < 1.29 is 9.18 Å². The molecule has 2 rings (SSSR count). The molecular formula is C15H21FN2O. The van der Waals surface area contributed by atoms with E-state index in [-0.39, 0.29) is 17.8 Å². The molecule has 0 radical (unpaired) electrons. The molecule has 0 spiro atoms. The second-order valence-corrected chi connectivity index (χ2v) is 5.06. The lowest BCUT2D eigenvalue weighted by molar-refractivity contribution is -0.121. The van der Waals surface area contributed by atoms with Crippen LogP contribution < -0.4 is 5.32 Å². The van der Waals surface area contributed by atoms with Gasteiger partial charge in [-0.2, -0.15) is 0 Å². The summed E-state index contributed by atoms with van der Waals surface area (Å²) in [5, 5.41) is 3.02. The largest absolute Gasteiger partial charge is 0.353 e. The maximum Gasteiger partial charge on any atom is 0.219 e. The average molecular weight is 264 g/mol. The normalized spacial score (nSPS) is 17.4. The number of nitrogens with one attached hydrogen (secondary N) is 1. The summed E-state index contributed by atoms with van der Waals surface area (Å²) in [5.41, 5.74) is 0.749. The van der Waals surface area contributed by atoms with Gasteiger partial charge in [-0.05, 0) is 18.9 Å². The molecule has 0 atom stereocenters. The fourth-order valence-corrected chi connectivity index (χ4v) is 2.43. The number of piperidine rings is 1. The van der Waals surface area contributed by atoms with Crippen molar-refractivity contribution in [2.45, 2.75) is 38.8 Å². The van der Waals surface area contributed by atoms with Gasteiger partial charge in [-0.15, -0.1) is 0 Å². The van der Waals surface area contributed by atoms with Gasteiger partial charge in [0.05, 0.1) is 0 Å². The van der Waals surface area contributed by atoms with Crippen molar-refractivity contribution in [3.63, 3.8) is 0 Å². The van der Waals surface area contributed by atoms with Crippen LogP contribution in [0.2, 0.25) is 0 Å². The highest BCUT2D eigenvalue weighted by molar-refractivity contribution is 5.75. The van der Waals surface area contributed by atoms with Crippen molar-refractivity contribution in [1.29, 1.82) is 0 Å². The van der Waals surface area contributed by atoms with E-state index in [9.17, 15) is 9.18 Å². The second-order valence-electron chi connectivity index (χ2n) is 5.06. The summed E-state index contributed by atoms with van der Waals surface area (Å²) in [5.74, 6) is -0.0172. The van der Waals surface area contributed by atoms with Gasteiger partial charge in [-0.1, -0.05) is 25.1 Å². The maximum absolute atomic E-state index is 13.6. The highest BCUT2D eigenvalue weighted by Gasteiger charge is 2.20. The molecule has 19 heavy (non-hydrogen) atoms. The molecule has 1 saturated heterocycles. The first-order valence-corrected chi connectivity index (χ1v) is 6.94. The van der Waals surface area contributed by atoms with Crippen LogP contribution >= 0.6 is 0 Å². The fourth-order valence-electron chi connectivity index (χ4n) is 2.43. The van der Waals surface area contributed by atoms with Crippen LogP contribution in [0.4, 0.5) is 4.39 Å². The van der Waals surface area contributed by atoms with Crippen LogP contribution in [-0.4, -0.2) is 29.9 Å². The first-order chi connectivity index (χ1) is 9.19. The minimum atomic E-state index is -0.135. The van der Waals surface area contributed by atoms with E-state index >= 15 is 0 Å². The topological polar surface area (TPSA) is 32.3 Å². The fraction of sp³-hybridized carbons (Fsp3) is 0.533. The number of benzene rings is 1. The number of amides is 1. The molecule has 0 aliphatic carbocycles. The van der Waals surface area contributed by atoms with Crippen LogP contribution in [0, 0.1) is 5.82 Å². The molecule has 1 aromatic rings. The van der Waals surface area contributed by atoms with E-state index in [4.69, 9.17) is 0 Å². The van der Waals surface area contributed by atoms with E-state index < -0.39 is 0 Å². The van der Waals surface area contributed by atoms with Crippen molar-refractivity contribution >= 4 is 5.91 Å². The number of halogens is 1. The molecule has 1 aliphatic rings. The third kappa shape index (κ3) is 4.03. The van der Waals surface area contributed by atoms with Crippen LogP contribution in [0.3, 0.4) is 0 Å². The lowest BCUT2D eigenvalue weighted by Gasteiger charge is -2.32. The summed E-state index contributed by atoms with van der Waals surface area (Å²) in [6, 6.07) is 7.20. The molecule has 1 fully saturated rings. The molecule has 1 amide bonds. The third-order valence-corrected chi connectivity index (χ3v) is 3.63. The van der Waals surface area contributed by atoms with Crippen LogP contribution in [0.1, 0.15) is 31.7 Å². The van der Waals surface area contributed by atoms with Crippen molar-refractivity contribution in [1.82, 2.24) is 10.2 Å². The lowest BCUT2D eigenvalue weighted by atomic mass is 10.0. The van der Waals surface area contributed by atoms with Gasteiger partial charge in [0.2, 0.25) is 5.91 Å². The van der Waals surface area contributed by atoms with E-state index in [0.29, 0.717) is 13.0 Å². The van der Waals surface area contributed by atoms with E-state index in [1.54, 1.807) is 6.07 Å². The molecule has 0 saturated carbocycles. The Bertz CT molecular complexity index is 428. The SMILES string of the molecule is CCC(=O)NC1CCN(Cc2ccccc2F)CC1. The summed E-state index contributed by atoms with van der Waals surface area (Å²) < 4.78 is 13.6. The molecule has 0 aromatic heterocycles. The molecule has 3 nitrogen and oxygen atoms in total. The number of rotatable bonds is 4. The third-order valence-electron chi connectivity index (χ3n) is 3.63. The number of likely N-dealkylation sites (tertiary alicyclic amines) is 1. The number of hydrogen-bond donors (Lipinski definition) is 1. The van der Waals surface area contributed by atoms with E-state index in [2.05, 4.69) is 10.2 Å². The van der Waals surface area contributed by atoms with Crippen molar-refractivity contribution in [3.8, 4) is 0 Å². The summed E-state index contributed by atoms with van der Waals surface area (Å²) in [7, 11) is 0. The van der Waals surface area contributed by atoms with Gasteiger partial charge in [0.15, 0.2) is 0 Å². The Hall–Kier alpha value is -1.42. The molecule has 1 aliphatic heterocycles. The van der Waals surface area contributed by atoms with Gasteiger partial charge in [0.25, 0.3) is 0 Å². The number of carbonyl (C=O) groups excluding carboxylic acids is 1. The Balaban J connectivity index is 1.81. The predicted octanol–water partition coefficient (Wildman–Crippen LogP) is 2.32. The Morgan fingerprint density at radius 2 is 2.05 bits per heavy atom. The summed E-state index contributed by atoms with van der Waals surface area (Å²) in [6.07, 6.45) is 2.43. The number of carbonyl (C=O) groups is 1. The smallest absolute Gasteiger partial charge is 0.219 e. The van der Waals surface area contributed by atoms with Gasteiger partial charge < -0.3 is 5.32 Å². The second kappa shape index (κ2) is 6.66. The summed E-state index contributed by atoms with van der Waals surface area (Å²) in [4.78, 5) is 13.6. The molecule has 0 unspecified atom stereocenters. The number of nitrogens with zero attached hydrogens (tertiary/aromatic N) is 1. The zero-order chi connectivity index (χ0) is 13.7. The van der Waals surface area contributed by atoms with Gasteiger partial charge >= 0.3 is 0 Å². The first-order valence-electron chi connectivity index (χ1n) is 6.94. The van der Waals surface area contributed by atoms with Crippen LogP contribution in [-0.2, 0) is 11.3 Å². The molecular weight excluding hydrogens is 243 g/mol. The van der Waals surface area contributed by atoms with Gasteiger partial charge in [-0.25, -0.2) is 4.39 Å². The van der Waals surface area contributed by atoms with E-state index in [1.165, 1.54) is 6.07 Å². The van der Waals surface area contributed by atoms with Crippen LogP contribution in [0.15, 0.2) is 24.3 Å². The minimum Gasteiger partial charge on any atom is -0.353 e. The molecule has 1 aromatic carbocycles. The van der Waals surface area contributed by atoms with Crippen LogP contribution in [0.25, 0.3) is 0 Å². The average Bonchev–Trinajstić information content (AvgIpc) is 2.43. The highest BCUT2D eigenvalue weighted by atomic mass is 19.1. The Morgan fingerprint density at radius 1 is 1.37 bits per heavy atom. The minimum absolute atomic E-state index is 0.118. The van der Waals surface area contributed by atoms with Crippen molar-refractivity contribution in [2.75, 3.05) is 13.1 Å². The predicted molar refractivity (Wildman–Crippen MR) is 73.1 cm³/mol. The Labute approximate surface area is 113 Å². The summed E-state index contributed by atoms with van der Waals surface area (Å²) >= 11 is 0. The molecule has 1 heterocycles. The van der Waals surface area contributed by atoms with Crippen LogP contribution in [0.5, 0.6) is 0 Å². The molecule has 4 heteroatoms. The molecule has 0 bridgehead atoms. The standard InChI is InChI=1S/C15H21FN2O/c1-2-15(19)17-13-7-9-18(10-8-13)11-12-5-3-4-6-14(12)16/h3-6,13H,2,7-11H2,1H3,(H,17,19). The van der Waals surface area contributed by atoms with Gasteiger partial charge in [0.1, 0.15) is 5.82 Å². The van der Waals surface area contributed by atoms with Gasteiger partial charge in [-0.3, -0.25) is 9.69 Å². The van der Waals surface area contributed by atoms with E-state index in [1.807, 2.05) is 19.1 Å². The van der Waals surface area contributed by atoms with E-state index in [0.717, 1.165) is 31.5 Å². The Kier molecular flexibility index (Phi) is 4.91. The zero-order valence-electron chi connectivity index (χ0n) is 11.4. The monoisotopic (exact) mass is 264 g/mol. The molecule has 1 N–H and O–H groups in total. The van der Waals surface area contributed by atoms with Crippen molar-refractivity contribution in [2.24, 2.45) is 0 Å².